The van der Waals surface area contributed by atoms with Crippen LogP contribution in [-0.4, -0.2) is 11.4 Å². The molecule has 1 unspecified atom stereocenters. The molecule has 2 atom stereocenters. The van der Waals surface area contributed by atoms with E-state index in [1.165, 1.54) is 12.1 Å². The molecule has 13 heavy (non-hydrogen) atoms. The molecule has 1 aliphatic rings. The molecule has 0 spiro atoms. The van der Waals surface area contributed by atoms with Crippen LogP contribution in [0.15, 0.2) is 24.3 Å². The van der Waals surface area contributed by atoms with E-state index in [4.69, 9.17) is 4.74 Å². The topological polar surface area (TPSA) is 9.23 Å². The summed E-state index contributed by atoms with van der Waals surface area (Å²) in [6, 6.07) is 6.51. The van der Waals surface area contributed by atoms with E-state index in [1.54, 1.807) is 12.1 Å². The molecule has 1 fully saturated rings. The van der Waals surface area contributed by atoms with Crippen molar-refractivity contribution in [3.63, 3.8) is 0 Å². The summed E-state index contributed by atoms with van der Waals surface area (Å²) in [5.41, 5.74) is 1.06. The van der Waals surface area contributed by atoms with Gasteiger partial charge in [0.25, 0.3) is 0 Å². The summed E-state index contributed by atoms with van der Waals surface area (Å²) in [7, 11) is 0. The lowest BCUT2D eigenvalue weighted by atomic mass is 10.1. The Labute approximate surface area is 85.0 Å². The maximum atomic E-state index is 12.6. The third-order valence-electron chi connectivity index (χ3n) is 2.19. The van der Waals surface area contributed by atoms with E-state index in [2.05, 4.69) is 15.9 Å². The van der Waals surface area contributed by atoms with E-state index in [0.717, 1.165) is 18.6 Å². The van der Waals surface area contributed by atoms with Crippen LogP contribution in [0.4, 0.5) is 4.39 Å². The fourth-order valence-corrected chi connectivity index (χ4v) is 1.99. The van der Waals surface area contributed by atoms with Gasteiger partial charge in [-0.05, 0) is 24.1 Å². The van der Waals surface area contributed by atoms with E-state index < -0.39 is 0 Å². The van der Waals surface area contributed by atoms with Crippen LogP contribution in [0.2, 0.25) is 0 Å². The number of ether oxygens (including phenoxy) is 1. The number of rotatable bonds is 1. The second-order valence-corrected chi connectivity index (χ2v) is 4.50. The fraction of sp³-hybridized carbons (Fsp3) is 0.400. The number of alkyl halides is 1. The van der Waals surface area contributed by atoms with Gasteiger partial charge in [0.05, 0.1) is 12.7 Å². The first-order chi connectivity index (χ1) is 6.25. The van der Waals surface area contributed by atoms with Crippen molar-refractivity contribution in [3.05, 3.63) is 35.6 Å². The first-order valence-corrected chi connectivity index (χ1v) is 5.18. The molecule has 3 heteroatoms. The van der Waals surface area contributed by atoms with Crippen LogP contribution in [0.25, 0.3) is 0 Å². The molecule has 1 saturated heterocycles. The van der Waals surface area contributed by atoms with Crippen molar-refractivity contribution in [2.45, 2.75) is 17.4 Å². The summed E-state index contributed by atoms with van der Waals surface area (Å²) in [5, 5.41) is 0. The average molecular weight is 245 g/mol. The number of hydrogen-bond donors (Lipinski definition) is 0. The molecule has 1 aromatic rings. The van der Waals surface area contributed by atoms with Crippen LogP contribution in [0, 0.1) is 5.82 Å². The average Bonchev–Trinajstić information content (AvgIpc) is 2.53. The third kappa shape index (κ3) is 2.09. The summed E-state index contributed by atoms with van der Waals surface area (Å²) in [6.45, 7) is 0.738. The van der Waals surface area contributed by atoms with E-state index in [1.807, 2.05) is 0 Å². The van der Waals surface area contributed by atoms with Gasteiger partial charge in [0.2, 0.25) is 0 Å². The molecule has 1 heterocycles. The van der Waals surface area contributed by atoms with Gasteiger partial charge >= 0.3 is 0 Å². The highest BCUT2D eigenvalue weighted by Gasteiger charge is 2.24. The van der Waals surface area contributed by atoms with Gasteiger partial charge in [-0.25, -0.2) is 4.39 Å². The van der Waals surface area contributed by atoms with E-state index in [9.17, 15) is 4.39 Å². The second kappa shape index (κ2) is 3.76. The summed E-state index contributed by atoms with van der Waals surface area (Å²) in [5.74, 6) is -0.197. The van der Waals surface area contributed by atoms with Gasteiger partial charge in [-0.3, -0.25) is 0 Å². The predicted octanol–water partition coefficient (Wildman–Crippen LogP) is 3.05. The van der Waals surface area contributed by atoms with Crippen molar-refractivity contribution in [2.24, 2.45) is 0 Å². The summed E-state index contributed by atoms with van der Waals surface area (Å²) < 4.78 is 18.1. The lowest BCUT2D eigenvalue weighted by Gasteiger charge is -2.08. The monoisotopic (exact) mass is 244 g/mol. The zero-order chi connectivity index (χ0) is 9.26. The van der Waals surface area contributed by atoms with Crippen LogP contribution in [-0.2, 0) is 4.74 Å². The highest BCUT2D eigenvalue weighted by Crippen LogP contribution is 2.32. The molecule has 2 rings (SSSR count). The van der Waals surface area contributed by atoms with Gasteiger partial charge < -0.3 is 4.74 Å². The van der Waals surface area contributed by atoms with Crippen molar-refractivity contribution >= 4 is 15.9 Å². The Morgan fingerprint density at radius 3 is 2.54 bits per heavy atom. The van der Waals surface area contributed by atoms with Gasteiger partial charge in [0.1, 0.15) is 5.82 Å². The molecule has 1 nitrogen and oxygen atoms in total. The molecule has 0 radical (unpaired) electrons. The number of benzene rings is 1. The van der Waals surface area contributed by atoms with Crippen molar-refractivity contribution in [1.82, 2.24) is 0 Å². The molecule has 0 aliphatic carbocycles. The Kier molecular flexibility index (Phi) is 2.65. The minimum absolute atomic E-state index is 0.130. The second-order valence-electron chi connectivity index (χ2n) is 3.21. The molecule has 1 aliphatic heterocycles. The first kappa shape index (κ1) is 9.16. The lowest BCUT2D eigenvalue weighted by molar-refractivity contribution is 0.112. The molecule has 0 N–H and O–H groups in total. The highest BCUT2D eigenvalue weighted by atomic mass is 79.9. The van der Waals surface area contributed by atoms with E-state index in [-0.39, 0.29) is 11.9 Å². The maximum absolute atomic E-state index is 12.6. The van der Waals surface area contributed by atoms with E-state index in [0.29, 0.717) is 4.83 Å². The van der Waals surface area contributed by atoms with Crippen LogP contribution in [0.5, 0.6) is 0 Å². The summed E-state index contributed by atoms with van der Waals surface area (Å²) >= 11 is 3.49. The fourth-order valence-electron chi connectivity index (χ4n) is 1.50. The lowest BCUT2D eigenvalue weighted by Crippen LogP contribution is -1.95. The first-order valence-electron chi connectivity index (χ1n) is 4.27. The number of halogens is 2. The summed E-state index contributed by atoms with van der Waals surface area (Å²) in [4.78, 5) is 0.433. The minimum atomic E-state index is -0.197. The van der Waals surface area contributed by atoms with Crippen molar-refractivity contribution < 1.29 is 9.13 Å². The summed E-state index contributed by atoms with van der Waals surface area (Å²) in [6.07, 6.45) is 1.09. The zero-order valence-corrected chi connectivity index (χ0v) is 8.63. The molecule has 0 amide bonds. The predicted molar refractivity (Wildman–Crippen MR) is 52.4 cm³/mol. The van der Waals surface area contributed by atoms with Gasteiger partial charge in [-0.15, -0.1) is 0 Å². The molecule has 70 valence electrons. The largest absolute Gasteiger partial charge is 0.372 e. The Hall–Kier alpha value is -0.410. The van der Waals surface area contributed by atoms with Gasteiger partial charge in [0, 0.05) is 4.83 Å². The molecule has 1 aromatic carbocycles. The third-order valence-corrected chi connectivity index (χ3v) is 2.83. The molecule has 0 bridgehead atoms. The maximum Gasteiger partial charge on any atom is 0.123 e. The van der Waals surface area contributed by atoms with Gasteiger partial charge in [-0.1, -0.05) is 28.1 Å². The Morgan fingerprint density at radius 1 is 1.31 bits per heavy atom. The SMILES string of the molecule is Fc1ccc([C@H]2CC(Br)CO2)cc1. The quantitative estimate of drug-likeness (QED) is 0.691. The van der Waals surface area contributed by atoms with Crippen molar-refractivity contribution in [1.29, 1.82) is 0 Å². The Balaban J connectivity index is 2.13. The zero-order valence-electron chi connectivity index (χ0n) is 7.04. The van der Waals surface area contributed by atoms with Crippen LogP contribution >= 0.6 is 15.9 Å². The molecular weight excluding hydrogens is 235 g/mol. The standard InChI is InChI=1S/C10H10BrFO/c11-8-5-10(13-6-8)7-1-3-9(12)4-2-7/h1-4,8,10H,5-6H2/t8?,10-/m1/s1. The Bertz CT molecular complexity index is 285. The molecular formula is C10H10BrFO. The smallest absolute Gasteiger partial charge is 0.123 e. The van der Waals surface area contributed by atoms with E-state index >= 15 is 0 Å². The number of hydrogen-bond acceptors (Lipinski definition) is 1. The minimum Gasteiger partial charge on any atom is -0.372 e. The van der Waals surface area contributed by atoms with Gasteiger partial charge in [-0.2, -0.15) is 0 Å². The van der Waals surface area contributed by atoms with Crippen LogP contribution < -0.4 is 0 Å². The highest BCUT2D eigenvalue weighted by molar-refractivity contribution is 9.09. The van der Waals surface area contributed by atoms with Crippen molar-refractivity contribution in [2.75, 3.05) is 6.61 Å². The Morgan fingerprint density at radius 2 is 2.00 bits per heavy atom. The molecule has 0 saturated carbocycles. The van der Waals surface area contributed by atoms with Crippen molar-refractivity contribution in [3.8, 4) is 0 Å². The molecule has 0 aromatic heterocycles. The normalized spacial score (nSPS) is 27.8. The van der Waals surface area contributed by atoms with Gasteiger partial charge in [0.15, 0.2) is 0 Å². The van der Waals surface area contributed by atoms with Crippen LogP contribution in [0.3, 0.4) is 0 Å². The van der Waals surface area contributed by atoms with Crippen LogP contribution in [0.1, 0.15) is 18.1 Å².